The maximum Gasteiger partial charge on any atom is 0.220 e. The standard InChI is InChI=1S/C19H21N3O/c1-19(2)15-7-5-6-8-16(15)22(3)18(19)17(21-20)13-9-11-14(23-4)12-10-13/h5-12,20H,1-4H3/p+1. The van der Waals surface area contributed by atoms with E-state index in [1.165, 1.54) is 11.3 Å². The van der Waals surface area contributed by atoms with Crippen LogP contribution >= 0.6 is 0 Å². The van der Waals surface area contributed by atoms with Gasteiger partial charge in [0.25, 0.3) is 0 Å². The number of benzene rings is 2. The van der Waals surface area contributed by atoms with Crippen LogP contribution in [-0.4, -0.2) is 30.2 Å². The Morgan fingerprint density at radius 2 is 1.74 bits per heavy atom. The molecule has 23 heavy (non-hydrogen) atoms. The monoisotopic (exact) mass is 308 g/mol. The normalized spacial score (nSPS) is 16.4. The van der Waals surface area contributed by atoms with Crippen LogP contribution in [0.15, 0.2) is 53.6 Å². The van der Waals surface area contributed by atoms with Crippen molar-refractivity contribution in [2.75, 3.05) is 14.2 Å². The number of ether oxygens (including phenoxy) is 1. The molecular weight excluding hydrogens is 286 g/mol. The van der Waals surface area contributed by atoms with E-state index in [1.54, 1.807) is 7.11 Å². The van der Waals surface area contributed by atoms with Gasteiger partial charge >= 0.3 is 0 Å². The molecule has 1 aliphatic heterocycles. The lowest BCUT2D eigenvalue weighted by atomic mass is 9.78. The SMILES string of the molecule is COc1ccc(C(=NN)C2=[N+](C)c3ccccc3C2(C)C)cc1. The van der Waals surface area contributed by atoms with Gasteiger partial charge < -0.3 is 10.6 Å². The summed E-state index contributed by atoms with van der Waals surface area (Å²) in [4.78, 5) is 0. The molecule has 0 aromatic heterocycles. The van der Waals surface area contributed by atoms with Gasteiger partial charge in [-0.1, -0.05) is 18.2 Å². The van der Waals surface area contributed by atoms with Gasteiger partial charge in [0.15, 0.2) is 5.71 Å². The first-order valence-electron chi connectivity index (χ1n) is 7.64. The van der Waals surface area contributed by atoms with Crippen LogP contribution in [0.4, 0.5) is 5.69 Å². The van der Waals surface area contributed by atoms with Crippen molar-refractivity contribution < 1.29 is 9.31 Å². The molecule has 3 rings (SSSR count). The summed E-state index contributed by atoms with van der Waals surface area (Å²) in [7, 11) is 3.73. The van der Waals surface area contributed by atoms with Crippen LogP contribution in [0.3, 0.4) is 0 Å². The molecule has 4 nitrogen and oxygen atoms in total. The number of hydrazone groups is 1. The molecule has 0 spiro atoms. The molecule has 2 aromatic rings. The highest BCUT2D eigenvalue weighted by molar-refractivity contribution is 6.49. The Hall–Kier alpha value is -2.62. The highest BCUT2D eigenvalue weighted by Gasteiger charge is 2.46. The number of fused-ring (bicyclic) bond motifs is 1. The van der Waals surface area contributed by atoms with Gasteiger partial charge in [-0.15, -0.1) is 0 Å². The second kappa shape index (κ2) is 5.54. The van der Waals surface area contributed by atoms with Gasteiger partial charge in [0, 0.05) is 17.2 Å². The zero-order valence-corrected chi connectivity index (χ0v) is 14.0. The predicted molar refractivity (Wildman–Crippen MR) is 94.0 cm³/mol. The Kier molecular flexibility index (Phi) is 3.68. The van der Waals surface area contributed by atoms with Crippen molar-refractivity contribution >= 4 is 17.1 Å². The van der Waals surface area contributed by atoms with E-state index in [4.69, 9.17) is 10.6 Å². The van der Waals surface area contributed by atoms with E-state index < -0.39 is 0 Å². The van der Waals surface area contributed by atoms with E-state index >= 15 is 0 Å². The van der Waals surface area contributed by atoms with Gasteiger partial charge in [0.1, 0.15) is 12.8 Å². The minimum atomic E-state index is -0.163. The summed E-state index contributed by atoms with van der Waals surface area (Å²) in [6, 6.07) is 16.3. The summed E-state index contributed by atoms with van der Waals surface area (Å²) in [5.41, 5.74) is 5.21. The first-order chi connectivity index (χ1) is 11.0. The minimum Gasteiger partial charge on any atom is -0.497 e. The average Bonchev–Trinajstić information content (AvgIpc) is 2.78. The van der Waals surface area contributed by atoms with Crippen molar-refractivity contribution in [1.29, 1.82) is 0 Å². The number of methoxy groups -OCH3 is 1. The highest BCUT2D eigenvalue weighted by atomic mass is 16.5. The van der Waals surface area contributed by atoms with Crippen LogP contribution in [0, 0.1) is 0 Å². The smallest absolute Gasteiger partial charge is 0.220 e. The zero-order valence-electron chi connectivity index (χ0n) is 14.0. The molecule has 0 fully saturated rings. The number of nitrogens with zero attached hydrogens (tertiary/aromatic N) is 2. The van der Waals surface area contributed by atoms with E-state index in [0.29, 0.717) is 0 Å². The number of nitrogens with two attached hydrogens (primary N) is 1. The molecular formula is C19H22N3O+. The van der Waals surface area contributed by atoms with Crippen molar-refractivity contribution in [3.63, 3.8) is 0 Å². The Morgan fingerprint density at radius 3 is 2.30 bits per heavy atom. The summed E-state index contributed by atoms with van der Waals surface area (Å²) in [5.74, 6) is 6.60. The second-order valence-corrected chi connectivity index (χ2v) is 6.26. The predicted octanol–water partition coefficient (Wildman–Crippen LogP) is 3.06. The largest absolute Gasteiger partial charge is 0.497 e. The van der Waals surface area contributed by atoms with Gasteiger partial charge in [-0.05, 0) is 38.1 Å². The van der Waals surface area contributed by atoms with Crippen molar-refractivity contribution in [1.82, 2.24) is 0 Å². The molecule has 1 heterocycles. The second-order valence-electron chi connectivity index (χ2n) is 6.26. The fourth-order valence-electron chi connectivity index (χ4n) is 3.44. The Labute approximate surface area is 136 Å². The van der Waals surface area contributed by atoms with Crippen molar-refractivity contribution in [2.24, 2.45) is 10.9 Å². The lowest BCUT2D eigenvalue weighted by Gasteiger charge is -2.18. The molecule has 0 unspecified atom stereocenters. The summed E-state index contributed by atoms with van der Waals surface area (Å²) in [6.07, 6.45) is 0. The quantitative estimate of drug-likeness (QED) is 0.410. The van der Waals surface area contributed by atoms with Gasteiger partial charge in [-0.25, -0.2) is 0 Å². The molecule has 0 amide bonds. The summed E-state index contributed by atoms with van der Waals surface area (Å²) < 4.78 is 7.42. The maximum atomic E-state index is 5.78. The third-order valence-electron chi connectivity index (χ3n) is 4.58. The van der Waals surface area contributed by atoms with Crippen LogP contribution in [0.25, 0.3) is 0 Å². The van der Waals surface area contributed by atoms with Crippen LogP contribution in [0.1, 0.15) is 25.0 Å². The number of rotatable bonds is 3. The molecule has 1 aliphatic rings. The lowest BCUT2D eigenvalue weighted by Crippen LogP contribution is -2.36. The van der Waals surface area contributed by atoms with Crippen molar-refractivity contribution in [2.45, 2.75) is 19.3 Å². The molecule has 0 bridgehead atoms. The Bertz CT molecular complexity index is 802. The van der Waals surface area contributed by atoms with E-state index in [9.17, 15) is 0 Å². The highest BCUT2D eigenvalue weighted by Crippen LogP contribution is 2.39. The van der Waals surface area contributed by atoms with Crippen LogP contribution in [-0.2, 0) is 5.41 Å². The first kappa shape index (κ1) is 15.3. The van der Waals surface area contributed by atoms with Gasteiger partial charge in [0.05, 0.1) is 12.5 Å². The van der Waals surface area contributed by atoms with E-state index in [0.717, 1.165) is 22.7 Å². The molecule has 0 aliphatic carbocycles. The topological polar surface area (TPSA) is 50.6 Å². The third-order valence-corrected chi connectivity index (χ3v) is 4.58. The molecule has 0 saturated heterocycles. The van der Waals surface area contributed by atoms with E-state index in [-0.39, 0.29) is 5.41 Å². The minimum absolute atomic E-state index is 0.163. The molecule has 0 saturated carbocycles. The number of para-hydroxylation sites is 1. The van der Waals surface area contributed by atoms with Gasteiger partial charge in [-0.2, -0.15) is 9.68 Å². The molecule has 118 valence electrons. The van der Waals surface area contributed by atoms with Gasteiger partial charge in [0.2, 0.25) is 11.4 Å². The van der Waals surface area contributed by atoms with Crippen LogP contribution in [0.5, 0.6) is 5.75 Å². The summed E-state index contributed by atoms with van der Waals surface area (Å²) in [6.45, 7) is 4.42. The van der Waals surface area contributed by atoms with Crippen molar-refractivity contribution in [3.8, 4) is 5.75 Å². The fraction of sp³-hybridized carbons (Fsp3) is 0.263. The van der Waals surface area contributed by atoms with E-state index in [1.807, 2.05) is 24.3 Å². The number of hydrogen-bond acceptors (Lipinski definition) is 3. The first-order valence-corrected chi connectivity index (χ1v) is 7.64. The van der Waals surface area contributed by atoms with Gasteiger partial charge in [-0.3, -0.25) is 0 Å². The molecule has 0 atom stereocenters. The van der Waals surface area contributed by atoms with Crippen LogP contribution < -0.4 is 10.6 Å². The lowest BCUT2D eigenvalue weighted by molar-refractivity contribution is -0.400. The maximum absolute atomic E-state index is 5.78. The summed E-state index contributed by atoms with van der Waals surface area (Å²) >= 11 is 0. The zero-order chi connectivity index (χ0) is 16.6. The molecule has 4 heteroatoms. The molecule has 0 radical (unpaired) electrons. The average molecular weight is 308 g/mol. The van der Waals surface area contributed by atoms with E-state index in [2.05, 4.69) is 54.8 Å². The molecule has 2 aromatic carbocycles. The van der Waals surface area contributed by atoms with Crippen molar-refractivity contribution in [3.05, 3.63) is 59.7 Å². The Morgan fingerprint density at radius 1 is 1.09 bits per heavy atom. The summed E-state index contributed by atoms with van der Waals surface area (Å²) in [5, 5.41) is 4.12. The number of hydrogen-bond donors (Lipinski definition) is 1. The molecule has 2 N–H and O–H groups in total. The third kappa shape index (κ3) is 2.31. The Balaban J connectivity index is 2.14. The fourth-order valence-corrected chi connectivity index (χ4v) is 3.44. The van der Waals surface area contributed by atoms with Crippen LogP contribution in [0.2, 0.25) is 0 Å².